The lowest BCUT2D eigenvalue weighted by Gasteiger charge is -2.00. The van der Waals surface area contributed by atoms with Gasteiger partial charge in [-0.05, 0) is 19.1 Å². The Balaban J connectivity index is 0.000000987. The van der Waals surface area contributed by atoms with Crippen molar-refractivity contribution in [2.24, 2.45) is 0 Å². The monoisotopic (exact) mass is 341 g/mol. The molecule has 127 valence electrons. The van der Waals surface area contributed by atoms with Crippen LogP contribution >= 0.6 is 11.8 Å². The van der Waals surface area contributed by atoms with E-state index in [2.05, 4.69) is 39.8 Å². The van der Waals surface area contributed by atoms with Crippen molar-refractivity contribution < 1.29 is 0 Å². The van der Waals surface area contributed by atoms with Crippen molar-refractivity contribution in [1.29, 1.82) is 0 Å². The van der Waals surface area contributed by atoms with E-state index >= 15 is 0 Å². The van der Waals surface area contributed by atoms with Crippen molar-refractivity contribution in [3.05, 3.63) is 42.9 Å². The molecule has 0 bridgehead atoms. The Morgan fingerprint density at radius 3 is 2.25 bits per heavy atom. The molecule has 3 aromatic rings. The lowest BCUT2D eigenvalue weighted by atomic mass is 10.4. The summed E-state index contributed by atoms with van der Waals surface area (Å²) in [5, 5.41) is 0.943. The molecule has 2 heterocycles. The highest BCUT2D eigenvalue weighted by Gasteiger charge is 2.13. The second-order valence-electron chi connectivity index (χ2n) is 4.15. The van der Waals surface area contributed by atoms with Crippen LogP contribution in [0.4, 0.5) is 5.82 Å². The number of fused-ring (bicyclic) bond motifs is 1. The molecule has 24 heavy (non-hydrogen) atoms. The van der Waals surface area contributed by atoms with E-state index in [-0.39, 0.29) is 8.41 Å². The van der Waals surface area contributed by atoms with Gasteiger partial charge in [0.2, 0.25) is 0 Å². The van der Waals surface area contributed by atoms with Crippen molar-refractivity contribution in [1.82, 2.24) is 14.5 Å². The normalized spacial score (nSPS) is 9.21. The van der Waals surface area contributed by atoms with E-state index in [0.29, 0.717) is 5.82 Å². The summed E-state index contributed by atoms with van der Waals surface area (Å²) >= 11 is 1.69. The molecule has 0 aliphatic heterocycles. The van der Waals surface area contributed by atoms with Crippen LogP contribution in [0.15, 0.2) is 52.6 Å². The van der Waals surface area contributed by atoms with E-state index in [0.717, 1.165) is 22.5 Å². The smallest absolute Gasteiger partial charge is 0.146 e. The minimum atomic E-state index is 0. The summed E-state index contributed by atoms with van der Waals surface area (Å²) in [6, 6.07) is 10.2. The second-order valence-corrected chi connectivity index (χ2v) is 5.27. The highest BCUT2D eigenvalue weighted by atomic mass is 32.2. The summed E-state index contributed by atoms with van der Waals surface area (Å²) in [6.45, 7) is 11.0. The van der Waals surface area contributed by atoms with Crippen LogP contribution in [0.3, 0.4) is 0 Å². The van der Waals surface area contributed by atoms with Crippen molar-refractivity contribution >= 4 is 37.0 Å². The fraction of sp³-hybridized carbons (Fsp3) is 0.333. The van der Waals surface area contributed by atoms with Crippen molar-refractivity contribution in [3.8, 4) is 0 Å². The molecule has 0 saturated carbocycles. The zero-order valence-corrected chi connectivity index (χ0v) is 16.0. The van der Waals surface area contributed by atoms with Crippen LogP contribution in [0.1, 0.15) is 34.6 Å². The van der Waals surface area contributed by atoms with Gasteiger partial charge in [0.05, 0.1) is 5.39 Å². The molecule has 1 aromatic carbocycles. The molecular weight excluding hydrogens is 315 g/mol. The lowest BCUT2D eigenvalue weighted by molar-refractivity contribution is 0.781. The third-order valence-corrected chi connectivity index (χ3v) is 4.00. The second kappa shape index (κ2) is 11.6. The molecular formula is C18H26BN4S. The standard InChI is InChI=1S/C14H14N4S.2C2H6.B/c1-2-18-8-11(19-10-6-4-3-5-7-10)12-13(15)16-9-17-14(12)18;2*1-2;/h3-9H,2H2,1H3,(H2,15,16,17);2*1-2H3;. The Morgan fingerprint density at radius 2 is 1.67 bits per heavy atom. The molecule has 0 aliphatic rings. The molecule has 0 fully saturated rings. The van der Waals surface area contributed by atoms with E-state index in [1.54, 1.807) is 11.8 Å². The SMILES string of the molecule is CC.CC.CCn1cc(Sc2ccccc2)c2c(N)ncnc21.[B]. The van der Waals surface area contributed by atoms with Crippen LogP contribution in [0.2, 0.25) is 0 Å². The summed E-state index contributed by atoms with van der Waals surface area (Å²) in [5.41, 5.74) is 6.90. The van der Waals surface area contributed by atoms with E-state index in [4.69, 9.17) is 5.73 Å². The quantitative estimate of drug-likeness (QED) is 0.692. The summed E-state index contributed by atoms with van der Waals surface area (Å²) in [7, 11) is 0. The molecule has 6 heteroatoms. The van der Waals surface area contributed by atoms with Crippen LogP contribution in [0.5, 0.6) is 0 Å². The van der Waals surface area contributed by atoms with E-state index in [9.17, 15) is 0 Å². The van der Waals surface area contributed by atoms with Crippen LogP contribution in [-0.4, -0.2) is 22.9 Å². The average Bonchev–Trinajstić information content (AvgIpc) is 2.98. The molecule has 3 radical (unpaired) electrons. The molecule has 3 rings (SSSR count). The van der Waals surface area contributed by atoms with Gasteiger partial charge in [0, 0.05) is 30.9 Å². The Kier molecular flexibility index (Phi) is 10.6. The number of nitrogen functional groups attached to an aromatic ring is 1. The minimum Gasteiger partial charge on any atom is -0.383 e. The molecule has 0 aliphatic carbocycles. The Bertz CT molecular complexity index is 714. The van der Waals surface area contributed by atoms with Crippen molar-refractivity contribution in [2.45, 2.75) is 51.0 Å². The summed E-state index contributed by atoms with van der Waals surface area (Å²) in [5.74, 6) is 0.538. The van der Waals surface area contributed by atoms with Gasteiger partial charge in [-0.3, -0.25) is 0 Å². The van der Waals surface area contributed by atoms with Crippen molar-refractivity contribution in [2.75, 3.05) is 5.73 Å². The van der Waals surface area contributed by atoms with Gasteiger partial charge in [0.25, 0.3) is 0 Å². The van der Waals surface area contributed by atoms with E-state index in [1.807, 2.05) is 45.9 Å². The molecule has 0 unspecified atom stereocenters. The fourth-order valence-corrected chi connectivity index (χ4v) is 3.07. The Morgan fingerprint density at radius 1 is 1.04 bits per heavy atom. The predicted octanol–water partition coefficient (Wildman–Crippen LogP) is 4.86. The molecule has 2 aromatic heterocycles. The van der Waals surface area contributed by atoms with Crippen LogP contribution in [-0.2, 0) is 6.54 Å². The predicted molar refractivity (Wildman–Crippen MR) is 107 cm³/mol. The largest absolute Gasteiger partial charge is 0.383 e. The maximum absolute atomic E-state index is 6.00. The molecule has 4 nitrogen and oxygen atoms in total. The molecule has 0 atom stereocenters. The zero-order valence-electron chi connectivity index (χ0n) is 15.2. The molecule has 2 N–H and O–H groups in total. The van der Waals surface area contributed by atoms with Gasteiger partial charge in [-0.15, -0.1) is 0 Å². The van der Waals surface area contributed by atoms with Crippen LogP contribution in [0.25, 0.3) is 11.0 Å². The number of aryl methyl sites for hydroxylation is 1. The number of nitrogens with zero attached hydrogens (tertiary/aromatic N) is 3. The van der Waals surface area contributed by atoms with Gasteiger partial charge in [-0.25, -0.2) is 9.97 Å². The van der Waals surface area contributed by atoms with Gasteiger partial charge in [0.1, 0.15) is 17.8 Å². The highest BCUT2D eigenvalue weighted by molar-refractivity contribution is 7.99. The minimum absolute atomic E-state index is 0. The number of anilines is 1. The molecule has 0 spiro atoms. The third kappa shape index (κ3) is 5.03. The molecule has 0 amide bonds. The maximum atomic E-state index is 6.00. The zero-order chi connectivity index (χ0) is 17.2. The van der Waals surface area contributed by atoms with Crippen LogP contribution in [0, 0.1) is 0 Å². The Labute approximate surface area is 151 Å². The first-order chi connectivity index (χ1) is 11.3. The van der Waals surface area contributed by atoms with Crippen LogP contribution < -0.4 is 5.73 Å². The third-order valence-electron chi connectivity index (χ3n) is 2.96. The number of hydrogen-bond acceptors (Lipinski definition) is 4. The first kappa shape index (κ1) is 22.1. The first-order valence-electron chi connectivity index (χ1n) is 8.12. The van der Waals surface area contributed by atoms with Gasteiger partial charge in [-0.1, -0.05) is 57.7 Å². The summed E-state index contributed by atoms with van der Waals surface area (Å²) in [4.78, 5) is 10.7. The highest BCUT2D eigenvalue weighted by Crippen LogP contribution is 2.36. The van der Waals surface area contributed by atoms with Gasteiger partial charge < -0.3 is 10.3 Å². The van der Waals surface area contributed by atoms with E-state index in [1.165, 1.54) is 11.2 Å². The first-order valence-corrected chi connectivity index (χ1v) is 8.93. The summed E-state index contributed by atoms with van der Waals surface area (Å²) < 4.78 is 2.10. The average molecular weight is 341 g/mol. The van der Waals surface area contributed by atoms with Gasteiger partial charge >= 0.3 is 0 Å². The lowest BCUT2D eigenvalue weighted by Crippen LogP contribution is -1.96. The number of nitrogens with two attached hydrogens (primary N) is 1. The number of benzene rings is 1. The van der Waals surface area contributed by atoms with Crippen molar-refractivity contribution in [3.63, 3.8) is 0 Å². The van der Waals surface area contributed by atoms with E-state index < -0.39 is 0 Å². The van der Waals surface area contributed by atoms with Gasteiger partial charge in [-0.2, -0.15) is 0 Å². The Hall–Kier alpha value is -1.95. The van der Waals surface area contributed by atoms with Gasteiger partial charge in [0.15, 0.2) is 0 Å². The number of aromatic nitrogens is 3. The molecule has 0 saturated heterocycles. The number of hydrogen-bond donors (Lipinski definition) is 1. The fourth-order valence-electron chi connectivity index (χ4n) is 2.04. The topological polar surface area (TPSA) is 56.7 Å². The number of rotatable bonds is 3. The maximum Gasteiger partial charge on any atom is 0.146 e. The summed E-state index contributed by atoms with van der Waals surface area (Å²) in [6.07, 6.45) is 3.61.